The van der Waals surface area contributed by atoms with Gasteiger partial charge in [-0.1, -0.05) is 17.7 Å². The largest absolute Gasteiger partial charge is 0.497 e. The molecule has 1 aliphatic rings. The zero-order valence-corrected chi connectivity index (χ0v) is 15.5. The molecule has 2 rings (SSSR count). The molecular formula is C16H23ClN2O4S. The summed E-state index contributed by atoms with van der Waals surface area (Å²) in [6, 6.07) is 5.35. The lowest BCUT2D eigenvalue weighted by molar-refractivity contribution is -0.124. The number of ether oxygens (including phenoxy) is 1. The molecule has 1 aromatic carbocycles. The van der Waals surface area contributed by atoms with E-state index < -0.39 is 20.5 Å². The van der Waals surface area contributed by atoms with Crippen molar-refractivity contribution in [3.05, 3.63) is 28.8 Å². The number of piperidine rings is 1. The van der Waals surface area contributed by atoms with Crippen LogP contribution in [0.2, 0.25) is 5.02 Å². The molecule has 6 nitrogen and oxygen atoms in total. The second-order valence-electron chi connectivity index (χ2n) is 5.98. The zero-order chi connectivity index (χ0) is 17.8. The molecule has 0 unspecified atom stereocenters. The number of hydrogen-bond donors (Lipinski definition) is 2. The van der Waals surface area contributed by atoms with Crippen molar-refractivity contribution in [2.24, 2.45) is 0 Å². The second kappa shape index (κ2) is 7.72. The smallest absolute Gasteiger partial charge is 0.241 e. The van der Waals surface area contributed by atoms with Gasteiger partial charge in [-0.2, -0.15) is 0 Å². The van der Waals surface area contributed by atoms with Crippen LogP contribution in [0, 0.1) is 0 Å². The van der Waals surface area contributed by atoms with Gasteiger partial charge in [0.05, 0.1) is 7.11 Å². The van der Waals surface area contributed by atoms with Crippen LogP contribution in [0.4, 0.5) is 0 Å². The minimum Gasteiger partial charge on any atom is -0.497 e. The van der Waals surface area contributed by atoms with Crippen molar-refractivity contribution in [1.29, 1.82) is 0 Å². The minimum absolute atomic E-state index is 0.293. The van der Waals surface area contributed by atoms with Gasteiger partial charge in [0.1, 0.15) is 5.75 Å². The molecule has 2 N–H and O–H groups in total. The van der Waals surface area contributed by atoms with Crippen molar-refractivity contribution in [2.45, 2.75) is 24.0 Å². The lowest BCUT2D eigenvalue weighted by atomic mass is 9.95. The molecule has 0 atom stereocenters. The van der Waals surface area contributed by atoms with Crippen LogP contribution in [-0.4, -0.2) is 52.1 Å². The molecule has 0 spiro atoms. The van der Waals surface area contributed by atoms with Crippen molar-refractivity contribution in [1.82, 2.24) is 10.6 Å². The Kier molecular flexibility index (Phi) is 6.11. The van der Waals surface area contributed by atoms with Gasteiger partial charge in [-0.3, -0.25) is 4.79 Å². The highest BCUT2D eigenvalue weighted by Gasteiger charge is 2.48. The molecular weight excluding hydrogens is 352 g/mol. The Hall–Kier alpha value is -1.31. The molecule has 0 aromatic heterocycles. The van der Waals surface area contributed by atoms with Crippen LogP contribution < -0.4 is 15.4 Å². The van der Waals surface area contributed by atoms with Crippen LogP contribution in [0.1, 0.15) is 18.4 Å². The number of amides is 1. The minimum atomic E-state index is -3.49. The molecule has 24 heavy (non-hydrogen) atoms. The second-order valence-corrected chi connectivity index (χ2v) is 8.71. The van der Waals surface area contributed by atoms with E-state index in [2.05, 4.69) is 10.6 Å². The monoisotopic (exact) mass is 374 g/mol. The van der Waals surface area contributed by atoms with Crippen LogP contribution >= 0.6 is 11.6 Å². The summed E-state index contributed by atoms with van der Waals surface area (Å²) in [6.07, 6.45) is 2.24. The fourth-order valence-corrected chi connectivity index (χ4v) is 4.55. The van der Waals surface area contributed by atoms with Gasteiger partial charge >= 0.3 is 0 Å². The molecule has 0 saturated carbocycles. The SMILES string of the molecule is COc1ccc(CCNC(=O)C2(S(C)(=O)=O)CCNCC2)c(Cl)c1. The third-order valence-electron chi connectivity index (χ3n) is 4.47. The Balaban J connectivity index is 2.01. The molecule has 1 amide bonds. The van der Waals surface area contributed by atoms with Gasteiger partial charge in [0.2, 0.25) is 5.91 Å². The first-order valence-corrected chi connectivity index (χ1v) is 10.1. The van der Waals surface area contributed by atoms with Gasteiger partial charge in [-0.25, -0.2) is 8.42 Å². The van der Waals surface area contributed by atoms with Gasteiger partial charge in [-0.05, 0) is 50.0 Å². The molecule has 0 bridgehead atoms. The third kappa shape index (κ3) is 4.02. The van der Waals surface area contributed by atoms with Crippen LogP contribution in [0.25, 0.3) is 0 Å². The number of benzene rings is 1. The molecule has 1 aliphatic heterocycles. The lowest BCUT2D eigenvalue weighted by Gasteiger charge is -2.34. The highest BCUT2D eigenvalue weighted by molar-refractivity contribution is 7.92. The van der Waals surface area contributed by atoms with E-state index in [4.69, 9.17) is 16.3 Å². The summed E-state index contributed by atoms with van der Waals surface area (Å²) in [5, 5.41) is 6.42. The van der Waals surface area contributed by atoms with Crippen LogP contribution in [0.15, 0.2) is 18.2 Å². The maximum Gasteiger partial charge on any atom is 0.241 e. The van der Waals surface area contributed by atoms with E-state index in [1.54, 1.807) is 19.2 Å². The maximum absolute atomic E-state index is 12.6. The van der Waals surface area contributed by atoms with E-state index in [0.29, 0.717) is 49.7 Å². The van der Waals surface area contributed by atoms with Gasteiger partial charge in [0.15, 0.2) is 14.6 Å². The van der Waals surface area contributed by atoms with Crippen molar-refractivity contribution < 1.29 is 17.9 Å². The number of methoxy groups -OCH3 is 1. The van der Waals surface area contributed by atoms with Gasteiger partial charge in [-0.15, -0.1) is 0 Å². The van der Waals surface area contributed by atoms with Gasteiger partial charge in [0, 0.05) is 17.8 Å². The average molecular weight is 375 g/mol. The van der Waals surface area contributed by atoms with Crippen molar-refractivity contribution >= 4 is 27.3 Å². The molecule has 1 heterocycles. The summed E-state index contributed by atoms with van der Waals surface area (Å²) in [5.41, 5.74) is 0.872. The Labute approximate surface area is 147 Å². The first kappa shape index (κ1) is 19.0. The number of sulfone groups is 1. The number of carbonyl (C=O) groups excluding carboxylic acids is 1. The first-order chi connectivity index (χ1) is 11.3. The van der Waals surface area contributed by atoms with Crippen LogP contribution in [0.3, 0.4) is 0 Å². The van der Waals surface area contributed by atoms with E-state index in [9.17, 15) is 13.2 Å². The lowest BCUT2D eigenvalue weighted by Crippen LogP contribution is -2.57. The van der Waals surface area contributed by atoms with E-state index in [1.165, 1.54) is 0 Å². The topological polar surface area (TPSA) is 84.5 Å². The van der Waals surface area contributed by atoms with Gasteiger partial charge in [0.25, 0.3) is 0 Å². The Morgan fingerprint density at radius 2 is 2.04 bits per heavy atom. The molecule has 0 aliphatic carbocycles. The molecule has 1 aromatic rings. The molecule has 1 fully saturated rings. The van der Waals surface area contributed by atoms with E-state index in [1.807, 2.05) is 6.07 Å². The highest BCUT2D eigenvalue weighted by atomic mass is 35.5. The van der Waals surface area contributed by atoms with Crippen molar-refractivity contribution in [2.75, 3.05) is 33.0 Å². The summed E-state index contributed by atoms with van der Waals surface area (Å²) in [7, 11) is -1.93. The van der Waals surface area contributed by atoms with Crippen LogP contribution in [0.5, 0.6) is 5.75 Å². The van der Waals surface area contributed by atoms with E-state index in [-0.39, 0.29) is 0 Å². The summed E-state index contributed by atoms with van der Waals surface area (Å²) in [6.45, 7) is 1.37. The maximum atomic E-state index is 12.6. The average Bonchev–Trinajstić information content (AvgIpc) is 2.55. The quantitative estimate of drug-likeness (QED) is 0.781. The predicted octanol–water partition coefficient (Wildman–Crippen LogP) is 1.17. The molecule has 134 valence electrons. The van der Waals surface area contributed by atoms with E-state index in [0.717, 1.165) is 11.8 Å². The van der Waals surface area contributed by atoms with Gasteiger partial charge < -0.3 is 15.4 Å². The molecule has 8 heteroatoms. The summed E-state index contributed by atoms with van der Waals surface area (Å²) in [5.74, 6) is 0.245. The normalized spacial score (nSPS) is 17.3. The number of halogens is 1. The Morgan fingerprint density at radius 3 is 2.58 bits per heavy atom. The van der Waals surface area contributed by atoms with E-state index >= 15 is 0 Å². The first-order valence-electron chi connectivity index (χ1n) is 7.81. The summed E-state index contributed by atoms with van der Waals surface area (Å²) < 4.78 is 28.1. The predicted molar refractivity (Wildman–Crippen MR) is 94.4 cm³/mol. The molecule has 0 radical (unpaired) electrons. The Morgan fingerprint density at radius 1 is 1.38 bits per heavy atom. The van der Waals surface area contributed by atoms with Crippen LogP contribution in [-0.2, 0) is 21.1 Å². The molecule has 1 saturated heterocycles. The number of nitrogens with one attached hydrogen (secondary N) is 2. The standard InChI is InChI=1S/C16H23ClN2O4S/c1-23-13-4-3-12(14(17)11-13)5-8-19-15(20)16(24(2,21)22)6-9-18-10-7-16/h3-4,11,18H,5-10H2,1-2H3,(H,19,20). The summed E-state index contributed by atoms with van der Waals surface area (Å²) >= 11 is 6.18. The fraction of sp³-hybridized carbons (Fsp3) is 0.562. The Bertz CT molecular complexity index is 700. The van der Waals surface area contributed by atoms with Crippen molar-refractivity contribution in [3.8, 4) is 5.75 Å². The zero-order valence-electron chi connectivity index (χ0n) is 13.9. The number of rotatable bonds is 6. The summed E-state index contributed by atoms with van der Waals surface area (Å²) in [4.78, 5) is 12.6. The number of carbonyl (C=O) groups is 1. The van der Waals surface area contributed by atoms with Crippen molar-refractivity contribution in [3.63, 3.8) is 0 Å². The third-order valence-corrected chi connectivity index (χ3v) is 6.84. The fourth-order valence-electron chi connectivity index (χ4n) is 2.93. The highest BCUT2D eigenvalue weighted by Crippen LogP contribution is 2.28. The number of hydrogen-bond acceptors (Lipinski definition) is 5.